The molecule has 0 spiro atoms. The van der Waals surface area contributed by atoms with Gasteiger partial charge in [-0.25, -0.2) is 4.39 Å². The highest BCUT2D eigenvalue weighted by molar-refractivity contribution is 5.39. The molecule has 0 heterocycles. The van der Waals surface area contributed by atoms with E-state index >= 15 is 0 Å². The first kappa shape index (κ1) is 10.8. The number of rotatable bonds is 5. The third-order valence-electron chi connectivity index (χ3n) is 1.77. The highest BCUT2D eigenvalue weighted by Gasteiger charge is 2.04. The summed E-state index contributed by atoms with van der Waals surface area (Å²) in [5.41, 5.74) is 0.595. The van der Waals surface area contributed by atoms with E-state index in [0.717, 1.165) is 0 Å². The van der Waals surface area contributed by atoms with Gasteiger partial charge in [0.1, 0.15) is 24.8 Å². The predicted molar refractivity (Wildman–Crippen MR) is 50.4 cm³/mol. The third-order valence-corrected chi connectivity index (χ3v) is 1.77. The highest BCUT2D eigenvalue weighted by atomic mass is 19.1. The van der Waals surface area contributed by atoms with Crippen LogP contribution in [0, 0.1) is 0 Å². The Kier molecular flexibility index (Phi) is 4.19. The van der Waals surface area contributed by atoms with Gasteiger partial charge >= 0.3 is 0 Å². The molecular weight excluding hydrogens is 187 g/mol. The standard InChI is InChI=1S/C10H13FO3/c1-13-9-2-3-10(14-5-4-11)8(6-9)7-12/h2-3,6,12H,4-5,7H2,1H3. The third kappa shape index (κ3) is 2.60. The van der Waals surface area contributed by atoms with Crippen LogP contribution in [0.1, 0.15) is 5.56 Å². The Hall–Kier alpha value is -1.29. The molecule has 0 aliphatic heterocycles. The maximum absolute atomic E-state index is 11.8. The number of alkyl halides is 1. The second-order valence-electron chi connectivity index (χ2n) is 2.67. The van der Waals surface area contributed by atoms with Gasteiger partial charge in [-0.15, -0.1) is 0 Å². The molecule has 0 aliphatic carbocycles. The highest BCUT2D eigenvalue weighted by Crippen LogP contribution is 2.23. The zero-order valence-electron chi connectivity index (χ0n) is 8.00. The lowest BCUT2D eigenvalue weighted by molar-refractivity contribution is 0.247. The molecule has 0 fully saturated rings. The SMILES string of the molecule is COc1ccc(OCCF)c(CO)c1. The van der Waals surface area contributed by atoms with E-state index in [1.165, 1.54) is 0 Å². The van der Waals surface area contributed by atoms with Crippen LogP contribution in [0.2, 0.25) is 0 Å². The fourth-order valence-corrected chi connectivity index (χ4v) is 1.10. The van der Waals surface area contributed by atoms with Crippen LogP contribution in [0.5, 0.6) is 11.5 Å². The lowest BCUT2D eigenvalue weighted by Crippen LogP contribution is -2.01. The summed E-state index contributed by atoms with van der Waals surface area (Å²) in [6, 6.07) is 5.01. The molecule has 0 aromatic heterocycles. The fraction of sp³-hybridized carbons (Fsp3) is 0.400. The van der Waals surface area contributed by atoms with E-state index in [2.05, 4.69) is 0 Å². The normalized spacial score (nSPS) is 9.93. The molecule has 1 rings (SSSR count). The lowest BCUT2D eigenvalue weighted by atomic mass is 10.2. The van der Waals surface area contributed by atoms with Crippen molar-refractivity contribution < 1.29 is 19.0 Å². The summed E-state index contributed by atoms with van der Waals surface area (Å²) in [5.74, 6) is 1.13. The van der Waals surface area contributed by atoms with Crippen LogP contribution in [-0.2, 0) is 6.61 Å². The van der Waals surface area contributed by atoms with Crippen molar-refractivity contribution in [2.75, 3.05) is 20.4 Å². The minimum atomic E-state index is -0.545. The predicted octanol–water partition coefficient (Wildman–Crippen LogP) is 1.54. The average Bonchev–Trinajstić information content (AvgIpc) is 2.26. The van der Waals surface area contributed by atoms with E-state index < -0.39 is 6.67 Å². The van der Waals surface area contributed by atoms with Crippen molar-refractivity contribution in [1.29, 1.82) is 0 Å². The van der Waals surface area contributed by atoms with Gasteiger partial charge in [0.05, 0.1) is 13.7 Å². The molecule has 0 aliphatic rings. The van der Waals surface area contributed by atoms with Gasteiger partial charge in [-0.1, -0.05) is 0 Å². The number of methoxy groups -OCH3 is 1. The molecule has 0 radical (unpaired) electrons. The summed E-state index contributed by atoms with van der Waals surface area (Å²) in [7, 11) is 1.54. The molecule has 0 saturated heterocycles. The average molecular weight is 200 g/mol. The van der Waals surface area contributed by atoms with E-state index in [-0.39, 0.29) is 13.2 Å². The second kappa shape index (κ2) is 5.44. The van der Waals surface area contributed by atoms with E-state index in [9.17, 15) is 4.39 Å². The first-order valence-corrected chi connectivity index (χ1v) is 4.28. The Balaban J connectivity index is 2.82. The summed E-state index contributed by atoms with van der Waals surface area (Å²) in [4.78, 5) is 0. The molecule has 0 bridgehead atoms. The van der Waals surface area contributed by atoms with Gasteiger partial charge in [0.25, 0.3) is 0 Å². The molecule has 1 aromatic carbocycles. The van der Waals surface area contributed by atoms with Gasteiger partial charge in [-0.05, 0) is 18.2 Å². The summed E-state index contributed by atoms with van der Waals surface area (Å²) in [5, 5.41) is 9.01. The number of hydrogen-bond donors (Lipinski definition) is 1. The molecule has 1 aromatic rings. The van der Waals surface area contributed by atoms with Crippen molar-refractivity contribution in [2.45, 2.75) is 6.61 Å². The minimum Gasteiger partial charge on any atom is -0.497 e. The Morgan fingerprint density at radius 3 is 2.79 bits per heavy atom. The summed E-state index contributed by atoms with van der Waals surface area (Å²) in [6.45, 7) is -0.699. The fourth-order valence-electron chi connectivity index (χ4n) is 1.10. The maximum Gasteiger partial charge on any atom is 0.125 e. The Morgan fingerprint density at radius 1 is 1.43 bits per heavy atom. The van der Waals surface area contributed by atoms with Gasteiger partial charge in [0.15, 0.2) is 0 Å². The van der Waals surface area contributed by atoms with Crippen molar-refractivity contribution in [1.82, 2.24) is 0 Å². The van der Waals surface area contributed by atoms with Gasteiger partial charge in [0.2, 0.25) is 0 Å². The van der Waals surface area contributed by atoms with E-state index in [0.29, 0.717) is 17.1 Å². The van der Waals surface area contributed by atoms with Gasteiger partial charge in [-0.2, -0.15) is 0 Å². The van der Waals surface area contributed by atoms with Gasteiger partial charge in [0, 0.05) is 5.56 Å². The van der Waals surface area contributed by atoms with Gasteiger partial charge in [-0.3, -0.25) is 0 Å². The summed E-state index contributed by atoms with van der Waals surface area (Å²) >= 11 is 0. The molecule has 0 unspecified atom stereocenters. The monoisotopic (exact) mass is 200 g/mol. The molecular formula is C10H13FO3. The molecule has 4 heteroatoms. The Morgan fingerprint density at radius 2 is 2.21 bits per heavy atom. The number of aliphatic hydroxyl groups is 1. The second-order valence-corrected chi connectivity index (χ2v) is 2.67. The molecule has 0 atom stereocenters. The smallest absolute Gasteiger partial charge is 0.125 e. The Labute approximate surface area is 82.1 Å². The van der Waals surface area contributed by atoms with Crippen molar-refractivity contribution in [3.05, 3.63) is 23.8 Å². The first-order valence-electron chi connectivity index (χ1n) is 4.28. The quantitative estimate of drug-likeness (QED) is 0.783. The van der Waals surface area contributed by atoms with Crippen molar-refractivity contribution in [3.8, 4) is 11.5 Å². The van der Waals surface area contributed by atoms with Crippen LogP contribution in [0.25, 0.3) is 0 Å². The Bertz CT molecular complexity index is 289. The topological polar surface area (TPSA) is 38.7 Å². The van der Waals surface area contributed by atoms with Crippen molar-refractivity contribution >= 4 is 0 Å². The van der Waals surface area contributed by atoms with Crippen LogP contribution in [0.4, 0.5) is 4.39 Å². The zero-order valence-corrected chi connectivity index (χ0v) is 8.00. The molecule has 14 heavy (non-hydrogen) atoms. The number of aliphatic hydroxyl groups excluding tert-OH is 1. The largest absolute Gasteiger partial charge is 0.497 e. The zero-order chi connectivity index (χ0) is 10.4. The number of halogens is 1. The van der Waals surface area contributed by atoms with E-state index in [1.807, 2.05) is 0 Å². The number of hydrogen-bond acceptors (Lipinski definition) is 3. The van der Waals surface area contributed by atoms with Crippen LogP contribution in [-0.4, -0.2) is 25.5 Å². The number of benzene rings is 1. The summed E-state index contributed by atoms with van der Waals surface area (Å²) < 4.78 is 21.9. The first-order chi connectivity index (χ1) is 6.81. The molecule has 3 nitrogen and oxygen atoms in total. The van der Waals surface area contributed by atoms with Crippen LogP contribution in [0.3, 0.4) is 0 Å². The molecule has 0 saturated carbocycles. The van der Waals surface area contributed by atoms with Crippen LogP contribution < -0.4 is 9.47 Å². The van der Waals surface area contributed by atoms with Gasteiger partial charge < -0.3 is 14.6 Å². The maximum atomic E-state index is 11.8. The van der Waals surface area contributed by atoms with Crippen LogP contribution in [0.15, 0.2) is 18.2 Å². The lowest BCUT2D eigenvalue weighted by Gasteiger charge is -2.09. The molecule has 78 valence electrons. The summed E-state index contributed by atoms with van der Waals surface area (Å²) in [6.07, 6.45) is 0. The molecule has 0 amide bonds. The van der Waals surface area contributed by atoms with Crippen molar-refractivity contribution in [3.63, 3.8) is 0 Å². The van der Waals surface area contributed by atoms with Crippen LogP contribution >= 0.6 is 0 Å². The molecule has 1 N–H and O–H groups in total. The van der Waals surface area contributed by atoms with E-state index in [4.69, 9.17) is 14.6 Å². The number of ether oxygens (including phenoxy) is 2. The van der Waals surface area contributed by atoms with Crippen molar-refractivity contribution in [2.24, 2.45) is 0 Å². The van der Waals surface area contributed by atoms with E-state index in [1.54, 1.807) is 25.3 Å². The minimum absolute atomic E-state index is 0.000666.